The highest BCUT2D eigenvalue weighted by molar-refractivity contribution is 9.10. The Morgan fingerprint density at radius 3 is 2.50 bits per heavy atom. The molecule has 2 atom stereocenters. The van der Waals surface area contributed by atoms with Crippen LogP contribution in [0.15, 0.2) is 22.7 Å². The summed E-state index contributed by atoms with van der Waals surface area (Å²) in [5, 5.41) is 12.1. The summed E-state index contributed by atoms with van der Waals surface area (Å²) in [6, 6.07) is 5.66. The van der Waals surface area contributed by atoms with Gasteiger partial charge in [-0.15, -0.1) is 0 Å². The molecule has 1 aromatic rings. The van der Waals surface area contributed by atoms with Crippen molar-refractivity contribution in [1.29, 1.82) is 0 Å². The summed E-state index contributed by atoms with van der Waals surface area (Å²) in [5.41, 5.74) is 1.78. The fourth-order valence-corrected chi connectivity index (χ4v) is 3.28. The van der Waals surface area contributed by atoms with E-state index in [2.05, 4.69) is 21.2 Å². The molecule has 1 amide bonds. The van der Waals surface area contributed by atoms with Gasteiger partial charge in [-0.3, -0.25) is 9.59 Å². The van der Waals surface area contributed by atoms with Gasteiger partial charge >= 0.3 is 5.97 Å². The lowest BCUT2D eigenvalue weighted by Gasteiger charge is -2.27. The molecule has 1 aliphatic rings. The number of aryl methyl sites for hydroxylation is 1. The van der Waals surface area contributed by atoms with Crippen molar-refractivity contribution in [2.75, 3.05) is 5.32 Å². The number of hydrogen-bond acceptors (Lipinski definition) is 2. The molecule has 0 saturated heterocycles. The van der Waals surface area contributed by atoms with Crippen LogP contribution in [0, 0.1) is 18.8 Å². The Morgan fingerprint density at radius 2 is 1.90 bits per heavy atom. The summed E-state index contributed by atoms with van der Waals surface area (Å²) in [5.74, 6) is -2.06. The van der Waals surface area contributed by atoms with E-state index in [4.69, 9.17) is 0 Å². The van der Waals surface area contributed by atoms with E-state index in [1.54, 1.807) is 0 Å². The third kappa shape index (κ3) is 3.39. The summed E-state index contributed by atoms with van der Waals surface area (Å²) in [6.07, 6.45) is 3.03. The maximum absolute atomic E-state index is 12.3. The summed E-state index contributed by atoms with van der Waals surface area (Å²) >= 11 is 3.41. The zero-order valence-electron chi connectivity index (χ0n) is 11.4. The molecule has 0 radical (unpaired) electrons. The number of carboxylic acid groups (broad SMARTS) is 1. The molecule has 0 bridgehead atoms. The number of nitrogens with one attached hydrogen (secondary N) is 1. The van der Waals surface area contributed by atoms with Crippen molar-refractivity contribution in [3.05, 3.63) is 28.2 Å². The summed E-state index contributed by atoms with van der Waals surface area (Å²) in [4.78, 5) is 23.6. The molecule has 0 aliphatic heterocycles. The monoisotopic (exact) mass is 339 g/mol. The average Bonchev–Trinajstić information content (AvgIpc) is 2.41. The number of aliphatic carboxylic acids is 1. The smallest absolute Gasteiger partial charge is 0.307 e. The van der Waals surface area contributed by atoms with E-state index in [1.165, 1.54) is 0 Å². The first kappa shape index (κ1) is 15.0. The van der Waals surface area contributed by atoms with E-state index in [0.717, 1.165) is 22.9 Å². The number of carboxylic acids is 1. The zero-order chi connectivity index (χ0) is 14.7. The maximum Gasteiger partial charge on any atom is 0.307 e. The van der Waals surface area contributed by atoms with E-state index in [0.29, 0.717) is 18.5 Å². The molecule has 1 aromatic carbocycles. The highest BCUT2D eigenvalue weighted by Gasteiger charge is 2.35. The molecule has 1 aliphatic carbocycles. The standard InChI is InChI=1S/C15H18BrNO3/c1-9-6-7-13(12(16)8-9)17-14(18)10-4-2-3-5-11(10)15(19)20/h6-8,10-11H,2-5H2,1H3,(H,17,18)(H,19,20)/t10-,11+/m0/s1. The van der Waals surface area contributed by atoms with Crippen LogP contribution in [0.3, 0.4) is 0 Å². The Bertz CT molecular complexity index is 530. The van der Waals surface area contributed by atoms with Gasteiger partial charge in [0.1, 0.15) is 0 Å². The number of halogens is 1. The second-order valence-electron chi connectivity index (χ2n) is 5.31. The molecule has 0 aromatic heterocycles. The lowest BCUT2D eigenvalue weighted by molar-refractivity contribution is -0.147. The Balaban J connectivity index is 2.12. The largest absolute Gasteiger partial charge is 0.481 e. The zero-order valence-corrected chi connectivity index (χ0v) is 12.9. The van der Waals surface area contributed by atoms with Crippen LogP contribution < -0.4 is 5.32 Å². The molecule has 108 valence electrons. The molecular formula is C15H18BrNO3. The van der Waals surface area contributed by atoms with Crippen LogP contribution in [0.2, 0.25) is 0 Å². The lowest BCUT2D eigenvalue weighted by atomic mass is 9.78. The lowest BCUT2D eigenvalue weighted by Crippen LogP contribution is -2.36. The van der Waals surface area contributed by atoms with Gasteiger partial charge in [0.25, 0.3) is 0 Å². The minimum absolute atomic E-state index is 0.193. The second kappa shape index (κ2) is 6.39. The van der Waals surface area contributed by atoms with E-state index in [1.807, 2.05) is 25.1 Å². The van der Waals surface area contributed by atoms with E-state index < -0.39 is 17.8 Å². The molecule has 20 heavy (non-hydrogen) atoms. The fourth-order valence-electron chi connectivity index (χ4n) is 2.69. The van der Waals surface area contributed by atoms with Gasteiger partial charge in [-0.1, -0.05) is 18.9 Å². The first-order valence-corrected chi connectivity index (χ1v) is 7.58. The first-order chi connectivity index (χ1) is 9.49. The summed E-state index contributed by atoms with van der Waals surface area (Å²) in [6.45, 7) is 1.97. The van der Waals surface area contributed by atoms with Gasteiger partial charge in [0.05, 0.1) is 17.5 Å². The Labute approximate surface area is 126 Å². The number of rotatable bonds is 3. The SMILES string of the molecule is Cc1ccc(NC(=O)[C@H]2CCCC[C@H]2C(=O)O)c(Br)c1. The van der Waals surface area contributed by atoms with Crippen molar-refractivity contribution >= 4 is 33.5 Å². The van der Waals surface area contributed by atoms with Gasteiger partial charge in [0.15, 0.2) is 0 Å². The van der Waals surface area contributed by atoms with Crippen molar-refractivity contribution in [3.8, 4) is 0 Å². The molecule has 2 rings (SSSR count). The van der Waals surface area contributed by atoms with Crippen molar-refractivity contribution < 1.29 is 14.7 Å². The van der Waals surface area contributed by atoms with Crippen LogP contribution in [0.1, 0.15) is 31.2 Å². The number of carbonyl (C=O) groups excluding carboxylic acids is 1. The third-order valence-electron chi connectivity index (χ3n) is 3.80. The molecule has 0 spiro atoms. The fraction of sp³-hybridized carbons (Fsp3) is 0.467. The van der Waals surface area contributed by atoms with Gasteiger partial charge in [-0.05, 0) is 53.4 Å². The molecule has 1 saturated carbocycles. The summed E-state index contributed by atoms with van der Waals surface area (Å²) < 4.78 is 0.813. The van der Waals surface area contributed by atoms with Crippen molar-refractivity contribution in [3.63, 3.8) is 0 Å². The topological polar surface area (TPSA) is 66.4 Å². The Hall–Kier alpha value is -1.36. The van der Waals surface area contributed by atoms with Crippen LogP contribution in [0.5, 0.6) is 0 Å². The third-order valence-corrected chi connectivity index (χ3v) is 4.46. The first-order valence-electron chi connectivity index (χ1n) is 6.79. The maximum atomic E-state index is 12.3. The van der Waals surface area contributed by atoms with Crippen LogP contribution in [0.4, 0.5) is 5.69 Å². The van der Waals surface area contributed by atoms with Crippen LogP contribution in [-0.4, -0.2) is 17.0 Å². The average molecular weight is 340 g/mol. The Kier molecular flexibility index (Phi) is 4.81. The molecule has 0 heterocycles. The quantitative estimate of drug-likeness (QED) is 0.884. The normalized spacial score (nSPS) is 22.3. The van der Waals surface area contributed by atoms with Gasteiger partial charge in [0, 0.05) is 4.47 Å². The minimum Gasteiger partial charge on any atom is -0.481 e. The van der Waals surface area contributed by atoms with Crippen LogP contribution in [-0.2, 0) is 9.59 Å². The molecule has 5 heteroatoms. The van der Waals surface area contributed by atoms with E-state index >= 15 is 0 Å². The summed E-state index contributed by atoms with van der Waals surface area (Å²) in [7, 11) is 0. The number of benzene rings is 1. The van der Waals surface area contributed by atoms with Crippen LogP contribution >= 0.6 is 15.9 Å². The van der Waals surface area contributed by atoms with Crippen molar-refractivity contribution in [2.24, 2.45) is 11.8 Å². The van der Waals surface area contributed by atoms with Gasteiger partial charge in [0.2, 0.25) is 5.91 Å². The highest BCUT2D eigenvalue weighted by atomic mass is 79.9. The molecule has 0 unspecified atom stereocenters. The number of hydrogen-bond donors (Lipinski definition) is 2. The highest BCUT2D eigenvalue weighted by Crippen LogP contribution is 2.32. The van der Waals surface area contributed by atoms with Crippen LogP contribution in [0.25, 0.3) is 0 Å². The molecule has 1 fully saturated rings. The predicted molar refractivity (Wildman–Crippen MR) is 80.6 cm³/mol. The van der Waals surface area contributed by atoms with E-state index in [9.17, 15) is 14.7 Å². The Morgan fingerprint density at radius 1 is 1.25 bits per heavy atom. The molecular weight excluding hydrogens is 322 g/mol. The van der Waals surface area contributed by atoms with E-state index in [-0.39, 0.29) is 5.91 Å². The minimum atomic E-state index is -0.868. The number of amides is 1. The number of anilines is 1. The number of carbonyl (C=O) groups is 2. The van der Waals surface area contributed by atoms with Gasteiger partial charge < -0.3 is 10.4 Å². The second-order valence-corrected chi connectivity index (χ2v) is 6.16. The molecule has 2 N–H and O–H groups in total. The van der Waals surface area contributed by atoms with Crippen molar-refractivity contribution in [1.82, 2.24) is 0 Å². The predicted octanol–water partition coefficient (Wildman–Crippen LogP) is 3.59. The molecule has 4 nitrogen and oxygen atoms in total. The van der Waals surface area contributed by atoms with Gasteiger partial charge in [-0.25, -0.2) is 0 Å². The van der Waals surface area contributed by atoms with Crippen molar-refractivity contribution in [2.45, 2.75) is 32.6 Å². The van der Waals surface area contributed by atoms with Gasteiger partial charge in [-0.2, -0.15) is 0 Å².